The number of pyridine rings is 1. The van der Waals surface area contributed by atoms with Crippen LogP contribution in [0.5, 0.6) is 0 Å². The van der Waals surface area contributed by atoms with Crippen molar-refractivity contribution in [1.29, 1.82) is 0 Å². The molecule has 2 N–H and O–H groups in total. The van der Waals surface area contributed by atoms with Gasteiger partial charge in [-0.2, -0.15) is 0 Å². The Morgan fingerprint density at radius 1 is 1.33 bits per heavy atom. The SMILES string of the molecule is Cc1nc(C(=O)NCCS(=O)(=O)N(C)C)ccc1C(=O)O. The molecule has 116 valence electrons. The van der Waals surface area contributed by atoms with E-state index >= 15 is 0 Å². The fourth-order valence-corrected chi connectivity index (χ4v) is 2.21. The van der Waals surface area contributed by atoms with E-state index in [0.717, 1.165) is 4.31 Å². The molecule has 1 heterocycles. The summed E-state index contributed by atoms with van der Waals surface area (Å²) in [4.78, 5) is 26.5. The van der Waals surface area contributed by atoms with Crippen LogP contribution in [0.1, 0.15) is 26.5 Å². The number of carbonyl (C=O) groups is 2. The lowest BCUT2D eigenvalue weighted by atomic mass is 10.2. The zero-order valence-corrected chi connectivity index (χ0v) is 12.8. The zero-order valence-electron chi connectivity index (χ0n) is 12.0. The first kappa shape index (κ1) is 17.1. The average Bonchev–Trinajstić information content (AvgIpc) is 2.37. The number of carboxylic acid groups (broad SMARTS) is 1. The van der Waals surface area contributed by atoms with Crippen LogP contribution >= 0.6 is 0 Å². The van der Waals surface area contributed by atoms with E-state index < -0.39 is 21.9 Å². The van der Waals surface area contributed by atoms with Crippen molar-refractivity contribution in [2.75, 3.05) is 26.4 Å². The summed E-state index contributed by atoms with van der Waals surface area (Å²) in [5.41, 5.74) is 0.276. The minimum Gasteiger partial charge on any atom is -0.478 e. The molecule has 0 bridgehead atoms. The van der Waals surface area contributed by atoms with Gasteiger partial charge in [0.05, 0.1) is 17.0 Å². The summed E-state index contributed by atoms with van der Waals surface area (Å²) in [6.07, 6.45) is 0. The van der Waals surface area contributed by atoms with Gasteiger partial charge in [0, 0.05) is 20.6 Å². The predicted octanol–water partition coefficient (Wildman–Crippen LogP) is -0.291. The van der Waals surface area contributed by atoms with Crippen LogP contribution in [-0.4, -0.2) is 61.1 Å². The lowest BCUT2D eigenvalue weighted by Crippen LogP contribution is -2.34. The highest BCUT2D eigenvalue weighted by molar-refractivity contribution is 7.89. The van der Waals surface area contributed by atoms with Crippen molar-refractivity contribution in [2.24, 2.45) is 0 Å². The topological polar surface area (TPSA) is 117 Å². The third-order valence-corrected chi connectivity index (χ3v) is 4.58. The van der Waals surface area contributed by atoms with Crippen LogP contribution in [0.15, 0.2) is 12.1 Å². The van der Waals surface area contributed by atoms with Gasteiger partial charge in [0.15, 0.2) is 0 Å². The Morgan fingerprint density at radius 3 is 2.43 bits per heavy atom. The Balaban J connectivity index is 2.69. The summed E-state index contributed by atoms with van der Waals surface area (Å²) in [6.45, 7) is 1.43. The molecule has 1 rings (SSSR count). The Kier molecular flexibility index (Phi) is 5.39. The van der Waals surface area contributed by atoms with Gasteiger partial charge in [-0.25, -0.2) is 22.5 Å². The second kappa shape index (κ2) is 6.64. The summed E-state index contributed by atoms with van der Waals surface area (Å²) in [5, 5.41) is 11.3. The Labute approximate surface area is 122 Å². The second-order valence-electron chi connectivity index (χ2n) is 4.49. The van der Waals surface area contributed by atoms with Gasteiger partial charge in [0.25, 0.3) is 5.91 Å². The largest absolute Gasteiger partial charge is 0.478 e. The first-order valence-corrected chi connectivity index (χ1v) is 7.65. The van der Waals surface area contributed by atoms with Crippen LogP contribution in [0.25, 0.3) is 0 Å². The summed E-state index contributed by atoms with van der Waals surface area (Å²) >= 11 is 0. The fourth-order valence-electron chi connectivity index (χ4n) is 1.48. The number of hydrogen-bond acceptors (Lipinski definition) is 5. The monoisotopic (exact) mass is 315 g/mol. The number of sulfonamides is 1. The van der Waals surface area contributed by atoms with Crippen LogP contribution in [0.3, 0.4) is 0 Å². The van der Waals surface area contributed by atoms with Gasteiger partial charge in [0.2, 0.25) is 10.0 Å². The quantitative estimate of drug-likeness (QED) is 0.745. The van der Waals surface area contributed by atoms with Crippen LogP contribution in [0.4, 0.5) is 0 Å². The van der Waals surface area contributed by atoms with E-state index in [-0.39, 0.29) is 29.2 Å². The average molecular weight is 315 g/mol. The molecule has 0 aromatic carbocycles. The predicted molar refractivity (Wildman–Crippen MR) is 75.7 cm³/mol. The number of aromatic carboxylic acids is 1. The van der Waals surface area contributed by atoms with Crippen molar-refractivity contribution < 1.29 is 23.1 Å². The lowest BCUT2D eigenvalue weighted by Gasteiger charge is -2.11. The van der Waals surface area contributed by atoms with Gasteiger partial charge in [-0.05, 0) is 19.1 Å². The molecule has 1 amide bonds. The molecule has 1 aromatic heterocycles. The van der Waals surface area contributed by atoms with E-state index in [1.54, 1.807) is 0 Å². The molecular formula is C12H17N3O5S. The van der Waals surface area contributed by atoms with Gasteiger partial charge in [-0.1, -0.05) is 0 Å². The van der Waals surface area contributed by atoms with Crippen molar-refractivity contribution >= 4 is 21.9 Å². The van der Waals surface area contributed by atoms with Crippen molar-refractivity contribution in [3.05, 3.63) is 29.1 Å². The van der Waals surface area contributed by atoms with E-state index in [4.69, 9.17) is 5.11 Å². The highest BCUT2D eigenvalue weighted by Gasteiger charge is 2.16. The molecule has 8 nitrogen and oxygen atoms in total. The third kappa shape index (κ3) is 4.50. The molecule has 9 heteroatoms. The van der Waals surface area contributed by atoms with Crippen molar-refractivity contribution in [1.82, 2.24) is 14.6 Å². The fraction of sp³-hybridized carbons (Fsp3) is 0.417. The Hall–Kier alpha value is -2.00. The van der Waals surface area contributed by atoms with Crippen LogP contribution in [0, 0.1) is 6.92 Å². The van der Waals surface area contributed by atoms with E-state index in [9.17, 15) is 18.0 Å². The normalized spacial score (nSPS) is 11.4. The molecule has 0 saturated heterocycles. The number of nitrogens with zero attached hydrogens (tertiary/aromatic N) is 2. The number of hydrogen-bond donors (Lipinski definition) is 2. The van der Waals surface area contributed by atoms with Crippen LogP contribution in [-0.2, 0) is 10.0 Å². The minimum absolute atomic E-state index is 0.0155. The summed E-state index contributed by atoms with van der Waals surface area (Å²) < 4.78 is 24.1. The number of nitrogens with one attached hydrogen (secondary N) is 1. The number of rotatable bonds is 6. The number of aromatic nitrogens is 1. The van der Waals surface area contributed by atoms with E-state index in [0.29, 0.717) is 0 Å². The van der Waals surface area contributed by atoms with Crippen molar-refractivity contribution in [3.8, 4) is 0 Å². The maximum absolute atomic E-state index is 11.8. The van der Waals surface area contributed by atoms with Crippen LogP contribution < -0.4 is 5.32 Å². The molecule has 0 aliphatic heterocycles. The standard InChI is InChI=1S/C12H17N3O5S/c1-8-9(12(17)18)4-5-10(14-8)11(16)13-6-7-21(19,20)15(2)3/h4-5H,6-7H2,1-3H3,(H,13,16)(H,17,18). The zero-order chi connectivity index (χ0) is 16.2. The maximum atomic E-state index is 11.8. The highest BCUT2D eigenvalue weighted by atomic mass is 32.2. The molecule has 0 unspecified atom stereocenters. The second-order valence-corrected chi connectivity index (χ2v) is 6.79. The molecule has 0 aliphatic rings. The van der Waals surface area contributed by atoms with E-state index in [1.165, 1.54) is 33.2 Å². The first-order chi connectivity index (χ1) is 9.65. The Morgan fingerprint density at radius 2 is 1.95 bits per heavy atom. The summed E-state index contributed by atoms with van der Waals surface area (Å²) in [6, 6.07) is 2.57. The number of amides is 1. The van der Waals surface area contributed by atoms with Crippen molar-refractivity contribution in [3.63, 3.8) is 0 Å². The molecular weight excluding hydrogens is 298 g/mol. The van der Waals surface area contributed by atoms with E-state index in [1.807, 2.05) is 0 Å². The van der Waals surface area contributed by atoms with E-state index in [2.05, 4.69) is 10.3 Å². The third-order valence-electron chi connectivity index (χ3n) is 2.75. The molecule has 0 saturated carbocycles. The minimum atomic E-state index is -3.38. The molecule has 0 aliphatic carbocycles. The molecule has 21 heavy (non-hydrogen) atoms. The Bertz CT molecular complexity index is 655. The molecule has 1 aromatic rings. The summed E-state index contributed by atoms with van der Waals surface area (Å²) in [7, 11) is -0.563. The number of carbonyl (C=O) groups excluding carboxylic acids is 1. The van der Waals surface area contributed by atoms with Gasteiger partial charge in [0.1, 0.15) is 5.69 Å². The van der Waals surface area contributed by atoms with Gasteiger partial charge in [-0.3, -0.25) is 4.79 Å². The van der Waals surface area contributed by atoms with Crippen LogP contribution in [0.2, 0.25) is 0 Å². The molecule has 0 atom stereocenters. The summed E-state index contributed by atoms with van der Waals surface area (Å²) in [5.74, 6) is -1.90. The molecule has 0 radical (unpaired) electrons. The highest BCUT2D eigenvalue weighted by Crippen LogP contribution is 2.07. The number of carboxylic acids is 1. The maximum Gasteiger partial charge on any atom is 0.337 e. The lowest BCUT2D eigenvalue weighted by molar-refractivity contribution is 0.0694. The molecule has 0 spiro atoms. The van der Waals surface area contributed by atoms with Gasteiger partial charge in [-0.15, -0.1) is 0 Å². The smallest absolute Gasteiger partial charge is 0.337 e. The van der Waals surface area contributed by atoms with Gasteiger partial charge < -0.3 is 10.4 Å². The first-order valence-electron chi connectivity index (χ1n) is 6.04. The molecule has 0 fully saturated rings. The number of aryl methyl sites for hydroxylation is 1. The van der Waals surface area contributed by atoms with Crippen molar-refractivity contribution in [2.45, 2.75) is 6.92 Å². The van der Waals surface area contributed by atoms with Gasteiger partial charge >= 0.3 is 5.97 Å².